The van der Waals surface area contributed by atoms with Crippen LogP contribution in [0.15, 0.2) is 29.3 Å². The second-order valence-corrected chi connectivity index (χ2v) is 8.20. The molecule has 7 nitrogen and oxygen atoms in total. The van der Waals surface area contributed by atoms with E-state index in [1.807, 2.05) is 27.7 Å². The maximum absolute atomic E-state index is 13.0. The molecule has 2 aliphatic rings. The molecule has 2 unspecified atom stereocenters. The molecule has 0 radical (unpaired) electrons. The molecule has 29 heavy (non-hydrogen) atoms. The number of halogens is 2. The number of hydrogen-bond donors (Lipinski definition) is 1. The fourth-order valence-electron chi connectivity index (χ4n) is 3.24. The Morgan fingerprint density at radius 3 is 2.66 bits per heavy atom. The summed E-state index contributed by atoms with van der Waals surface area (Å²) in [7, 11) is 0. The monoisotopic (exact) mass is 520 g/mol. The van der Waals surface area contributed by atoms with Crippen LogP contribution in [-0.4, -0.2) is 72.3 Å². The molecule has 1 amide bonds. The number of guanidine groups is 1. The Kier molecular flexibility index (Phi) is 7.95. The minimum Gasteiger partial charge on any atom is -0.489 e. The van der Waals surface area contributed by atoms with Crippen molar-refractivity contribution in [2.45, 2.75) is 45.4 Å². The second kappa shape index (κ2) is 9.82. The molecule has 0 aromatic heterocycles. The van der Waals surface area contributed by atoms with Crippen molar-refractivity contribution in [3.8, 4) is 5.75 Å². The number of nitrogens with zero attached hydrogens (tertiary/aromatic N) is 3. The summed E-state index contributed by atoms with van der Waals surface area (Å²) in [6.45, 7) is 10.7. The van der Waals surface area contributed by atoms with Crippen LogP contribution >= 0.6 is 24.0 Å². The van der Waals surface area contributed by atoms with Crippen molar-refractivity contribution < 1.29 is 18.7 Å². The number of rotatable bonds is 4. The fraction of sp³-hybridized carbons (Fsp3) is 0.600. The number of amides is 1. The quantitative estimate of drug-likeness (QED) is 0.619. The topological polar surface area (TPSA) is 66.4 Å². The molecule has 0 saturated carbocycles. The van der Waals surface area contributed by atoms with Gasteiger partial charge in [0.25, 0.3) is 0 Å². The van der Waals surface area contributed by atoms with E-state index < -0.39 is 5.60 Å². The SMILES string of the molecule is CC(CNC1=NCC2CN(C(=O)OC(C)(C)C)CCN12)Oc1ccc(F)cc1.I. The first-order valence-corrected chi connectivity index (χ1v) is 9.66. The third-order valence-electron chi connectivity index (χ3n) is 4.56. The van der Waals surface area contributed by atoms with Crippen molar-refractivity contribution in [1.29, 1.82) is 0 Å². The summed E-state index contributed by atoms with van der Waals surface area (Å²) >= 11 is 0. The Morgan fingerprint density at radius 1 is 1.31 bits per heavy atom. The van der Waals surface area contributed by atoms with Crippen molar-refractivity contribution in [1.82, 2.24) is 15.1 Å². The maximum atomic E-state index is 13.0. The Morgan fingerprint density at radius 2 is 2.00 bits per heavy atom. The third-order valence-corrected chi connectivity index (χ3v) is 4.56. The third kappa shape index (κ3) is 6.61. The fourth-order valence-corrected chi connectivity index (χ4v) is 3.24. The molecule has 2 atom stereocenters. The average molecular weight is 520 g/mol. The molecule has 162 valence electrons. The molecule has 0 bridgehead atoms. The Balaban J connectivity index is 0.00000300. The Labute approximate surface area is 188 Å². The zero-order valence-corrected chi connectivity index (χ0v) is 19.7. The van der Waals surface area contributed by atoms with Crippen LogP contribution in [0.5, 0.6) is 5.75 Å². The van der Waals surface area contributed by atoms with E-state index >= 15 is 0 Å². The van der Waals surface area contributed by atoms with Gasteiger partial charge in [0.15, 0.2) is 5.96 Å². The first-order chi connectivity index (χ1) is 13.2. The lowest BCUT2D eigenvalue weighted by molar-refractivity contribution is 0.0137. The van der Waals surface area contributed by atoms with Crippen LogP contribution in [-0.2, 0) is 4.74 Å². The molecule has 1 aromatic rings. The van der Waals surface area contributed by atoms with E-state index in [1.165, 1.54) is 12.1 Å². The van der Waals surface area contributed by atoms with Gasteiger partial charge in [0, 0.05) is 19.6 Å². The molecule has 2 heterocycles. The molecule has 2 aliphatic heterocycles. The molecule has 3 rings (SSSR count). The van der Waals surface area contributed by atoms with Crippen molar-refractivity contribution in [3.63, 3.8) is 0 Å². The lowest BCUT2D eigenvalue weighted by Crippen LogP contribution is -2.58. The average Bonchev–Trinajstić information content (AvgIpc) is 3.03. The maximum Gasteiger partial charge on any atom is 0.410 e. The zero-order valence-electron chi connectivity index (χ0n) is 17.4. The number of hydrogen-bond acceptors (Lipinski definition) is 6. The van der Waals surface area contributed by atoms with Gasteiger partial charge in [-0.1, -0.05) is 0 Å². The first-order valence-electron chi connectivity index (χ1n) is 9.66. The highest BCUT2D eigenvalue weighted by Gasteiger charge is 2.36. The highest BCUT2D eigenvalue weighted by atomic mass is 127. The minimum atomic E-state index is -0.492. The molecule has 1 saturated heterocycles. The van der Waals surface area contributed by atoms with Crippen LogP contribution in [0.2, 0.25) is 0 Å². The normalized spacial score (nSPS) is 19.6. The second-order valence-electron chi connectivity index (χ2n) is 8.20. The number of aliphatic imine (C=N–C) groups is 1. The van der Waals surface area contributed by atoms with Gasteiger partial charge in [-0.05, 0) is 52.0 Å². The van der Waals surface area contributed by atoms with Crippen molar-refractivity contribution in [2.24, 2.45) is 4.99 Å². The van der Waals surface area contributed by atoms with Crippen LogP contribution in [0.1, 0.15) is 27.7 Å². The summed E-state index contributed by atoms with van der Waals surface area (Å²) in [5.41, 5.74) is -0.492. The molecule has 1 aromatic carbocycles. The summed E-state index contributed by atoms with van der Waals surface area (Å²) in [5, 5.41) is 3.34. The van der Waals surface area contributed by atoms with Crippen molar-refractivity contribution >= 4 is 36.0 Å². The number of piperazine rings is 1. The number of benzene rings is 1. The van der Waals surface area contributed by atoms with Gasteiger partial charge in [0.2, 0.25) is 0 Å². The number of fused-ring (bicyclic) bond motifs is 1. The lowest BCUT2D eigenvalue weighted by Gasteiger charge is -2.39. The van der Waals surface area contributed by atoms with Crippen LogP contribution in [0.25, 0.3) is 0 Å². The van der Waals surface area contributed by atoms with Gasteiger partial charge in [0.1, 0.15) is 23.3 Å². The Bertz CT molecular complexity index is 723. The van der Waals surface area contributed by atoms with E-state index in [-0.39, 0.29) is 48.0 Å². The van der Waals surface area contributed by atoms with Gasteiger partial charge < -0.3 is 24.6 Å². The van der Waals surface area contributed by atoms with Crippen LogP contribution in [0.3, 0.4) is 0 Å². The van der Waals surface area contributed by atoms with Gasteiger partial charge in [-0.25, -0.2) is 9.18 Å². The van der Waals surface area contributed by atoms with Crippen molar-refractivity contribution in [3.05, 3.63) is 30.1 Å². The molecule has 1 fully saturated rings. The highest BCUT2D eigenvalue weighted by molar-refractivity contribution is 14.0. The van der Waals surface area contributed by atoms with Gasteiger partial charge in [-0.3, -0.25) is 4.99 Å². The summed E-state index contributed by atoms with van der Waals surface area (Å²) in [4.78, 5) is 20.8. The van der Waals surface area contributed by atoms with Gasteiger partial charge in [0.05, 0.1) is 19.1 Å². The zero-order chi connectivity index (χ0) is 20.3. The number of nitrogens with one attached hydrogen (secondary N) is 1. The largest absolute Gasteiger partial charge is 0.489 e. The van der Waals surface area contributed by atoms with E-state index in [9.17, 15) is 9.18 Å². The van der Waals surface area contributed by atoms with E-state index in [0.717, 1.165) is 5.96 Å². The van der Waals surface area contributed by atoms with E-state index in [2.05, 4.69) is 15.2 Å². The summed E-state index contributed by atoms with van der Waals surface area (Å²) < 4.78 is 24.2. The lowest BCUT2D eigenvalue weighted by atomic mass is 10.2. The van der Waals surface area contributed by atoms with Crippen LogP contribution < -0.4 is 10.1 Å². The smallest absolute Gasteiger partial charge is 0.410 e. The van der Waals surface area contributed by atoms with E-state index in [0.29, 0.717) is 38.5 Å². The molecular formula is C20H30FIN4O3. The molecule has 1 N–H and O–H groups in total. The number of carbonyl (C=O) groups is 1. The van der Waals surface area contributed by atoms with Gasteiger partial charge in [-0.2, -0.15) is 0 Å². The number of carbonyl (C=O) groups excluding carboxylic acids is 1. The molecular weight excluding hydrogens is 490 g/mol. The van der Waals surface area contributed by atoms with E-state index in [1.54, 1.807) is 17.0 Å². The van der Waals surface area contributed by atoms with Crippen LogP contribution in [0, 0.1) is 5.82 Å². The first kappa shape index (κ1) is 23.5. The predicted octanol–water partition coefficient (Wildman–Crippen LogP) is 3.09. The molecule has 0 spiro atoms. The Hall–Kier alpha value is -1.78. The standard InChI is InChI=1S/C20H29FN4O3.HI/c1-14(27-17-7-5-15(21)6-8-17)11-22-18-23-12-16-13-24(9-10-25(16)18)19(26)28-20(2,3)4;/h5-8,14,16H,9-13H2,1-4H3,(H,22,23);1H. The minimum absolute atomic E-state index is 0. The van der Waals surface area contributed by atoms with Gasteiger partial charge in [-0.15, -0.1) is 24.0 Å². The van der Waals surface area contributed by atoms with E-state index in [4.69, 9.17) is 9.47 Å². The van der Waals surface area contributed by atoms with Crippen LogP contribution in [0.4, 0.5) is 9.18 Å². The van der Waals surface area contributed by atoms with Crippen molar-refractivity contribution in [2.75, 3.05) is 32.7 Å². The van der Waals surface area contributed by atoms with Gasteiger partial charge >= 0.3 is 6.09 Å². The molecule has 9 heteroatoms. The predicted molar refractivity (Wildman–Crippen MR) is 121 cm³/mol. The summed E-state index contributed by atoms with van der Waals surface area (Å²) in [6.07, 6.45) is -0.370. The molecule has 0 aliphatic carbocycles. The number of ether oxygens (including phenoxy) is 2. The summed E-state index contributed by atoms with van der Waals surface area (Å²) in [6, 6.07) is 6.16. The summed E-state index contributed by atoms with van der Waals surface area (Å²) in [5.74, 6) is 1.19. The highest BCUT2D eigenvalue weighted by Crippen LogP contribution is 2.19.